The van der Waals surface area contributed by atoms with Gasteiger partial charge in [0.05, 0.1) is 6.20 Å². The zero-order chi connectivity index (χ0) is 11.4. The maximum atomic E-state index is 4.16. The van der Waals surface area contributed by atoms with Crippen molar-refractivity contribution < 1.29 is 0 Å². The minimum atomic E-state index is 0.541. The SMILES string of the molecule is CC(C)NCCCc1nnc2cnccn12. The molecule has 0 amide bonds. The molecule has 2 aromatic rings. The Labute approximate surface area is 94.9 Å². The quantitative estimate of drug-likeness (QED) is 0.764. The third-order valence-electron chi connectivity index (χ3n) is 2.41. The fourth-order valence-electron chi connectivity index (χ4n) is 1.61. The van der Waals surface area contributed by atoms with Crippen molar-refractivity contribution in [2.75, 3.05) is 6.54 Å². The number of rotatable bonds is 5. The van der Waals surface area contributed by atoms with Gasteiger partial charge in [-0.25, -0.2) is 0 Å². The van der Waals surface area contributed by atoms with Gasteiger partial charge in [-0.1, -0.05) is 13.8 Å². The minimum Gasteiger partial charge on any atom is -0.315 e. The molecule has 1 N–H and O–H groups in total. The molecular weight excluding hydrogens is 202 g/mol. The first kappa shape index (κ1) is 11.0. The highest BCUT2D eigenvalue weighted by Crippen LogP contribution is 2.03. The van der Waals surface area contributed by atoms with Crippen LogP contribution >= 0.6 is 0 Å². The fourth-order valence-corrected chi connectivity index (χ4v) is 1.61. The van der Waals surface area contributed by atoms with E-state index in [4.69, 9.17) is 0 Å². The summed E-state index contributed by atoms with van der Waals surface area (Å²) in [4.78, 5) is 4.01. The summed E-state index contributed by atoms with van der Waals surface area (Å²) in [7, 11) is 0. The Kier molecular flexibility index (Phi) is 3.46. The van der Waals surface area contributed by atoms with Crippen LogP contribution in [0.25, 0.3) is 5.65 Å². The van der Waals surface area contributed by atoms with Crippen LogP contribution in [0.5, 0.6) is 0 Å². The van der Waals surface area contributed by atoms with Crippen LogP contribution in [0.1, 0.15) is 26.1 Å². The molecule has 0 saturated heterocycles. The van der Waals surface area contributed by atoms with Crippen LogP contribution in [-0.4, -0.2) is 32.2 Å². The Morgan fingerprint density at radius 3 is 3.06 bits per heavy atom. The molecule has 2 rings (SSSR count). The Hall–Kier alpha value is -1.49. The van der Waals surface area contributed by atoms with E-state index in [1.165, 1.54) is 0 Å². The summed E-state index contributed by atoms with van der Waals surface area (Å²) < 4.78 is 1.99. The number of fused-ring (bicyclic) bond motifs is 1. The standard InChI is InChI=1S/C11H17N5/c1-9(2)13-5-3-4-10-14-15-11-8-12-6-7-16(10)11/h6-9,13H,3-5H2,1-2H3. The molecule has 86 valence electrons. The molecule has 2 heterocycles. The van der Waals surface area contributed by atoms with Crippen molar-refractivity contribution in [3.63, 3.8) is 0 Å². The van der Waals surface area contributed by atoms with Crippen molar-refractivity contribution in [2.24, 2.45) is 0 Å². The first-order valence-electron chi connectivity index (χ1n) is 5.64. The van der Waals surface area contributed by atoms with E-state index in [1.54, 1.807) is 12.4 Å². The van der Waals surface area contributed by atoms with Crippen molar-refractivity contribution in [3.05, 3.63) is 24.4 Å². The molecule has 5 heteroatoms. The van der Waals surface area contributed by atoms with Crippen LogP contribution < -0.4 is 5.32 Å². The molecule has 0 atom stereocenters. The van der Waals surface area contributed by atoms with Gasteiger partial charge in [0, 0.05) is 24.9 Å². The van der Waals surface area contributed by atoms with Gasteiger partial charge >= 0.3 is 0 Å². The molecular formula is C11H17N5. The van der Waals surface area contributed by atoms with Crippen LogP contribution in [0.3, 0.4) is 0 Å². The summed E-state index contributed by atoms with van der Waals surface area (Å²) in [5, 5.41) is 11.6. The molecule has 2 aromatic heterocycles. The van der Waals surface area contributed by atoms with E-state index in [1.807, 2.05) is 10.6 Å². The van der Waals surface area contributed by atoms with Crippen molar-refractivity contribution in [1.29, 1.82) is 0 Å². The van der Waals surface area contributed by atoms with Gasteiger partial charge in [-0.05, 0) is 13.0 Å². The molecule has 0 aliphatic carbocycles. The molecule has 0 fully saturated rings. The van der Waals surface area contributed by atoms with Gasteiger partial charge in [-0.3, -0.25) is 9.38 Å². The molecule has 0 unspecified atom stereocenters. The predicted octanol–water partition coefficient (Wildman–Crippen LogP) is 1.05. The minimum absolute atomic E-state index is 0.541. The zero-order valence-electron chi connectivity index (χ0n) is 9.72. The van der Waals surface area contributed by atoms with E-state index in [0.29, 0.717) is 6.04 Å². The Morgan fingerprint density at radius 2 is 2.25 bits per heavy atom. The van der Waals surface area contributed by atoms with Gasteiger partial charge in [0.1, 0.15) is 5.82 Å². The highest BCUT2D eigenvalue weighted by molar-refractivity contribution is 5.33. The second-order valence-corrected chi connectivity index (χ2v) is 4.13. The predicted molar refractivity (Wildman–Crippen MR) is 62.2 cm³/mol. The van der Waals surface area contributed by atoms with Crippen LogP contribution in [0, 0.1) is 0 Å². The Bertz CT molecular complexity index is 448. The summed E-state index contributed by atoms with van der Waals surface area (Å²) >= 11 is 0. The monoisotopic (exact) mass is 219 g/mol. The van der Waals surface area contributed by atoms with E-state index in [9.17, 15) is 0 Å². The average molecular weight is 219 g/mol. The number of hydrogen-bond acceptors (Lipinski definition) is 4. The maximum Gasteiger partial charge on any atom is 0.179 e. The Balaban J connectivity index is 1.94. The van der Waals surface area contributed by atoms with Gasteiger partial charge in [0.15, 0.2) is 5.65 Å². The highest BCUT2D eigenvalue weighted by atomic mass is 15.2. The number of aryl methyl sites for hydroxylation is 1. The maximum absolute atomic E-state index is 4.16. The molecule has 0 aliphatic heterocycles. The molecule has 0 saturated carbocycles. The van der Waals surface area contributed by atoms with Gasteiger partial charge in [0.25, 0.3) is 0 Å². The van der Waals surface area contributed by atoms with E-state index in [2.05, 4.69) is 34.3 Å². The highest BCUT2D eigenvalue weighted by Gasteiger charge is 2.04. The lowest BCUT2D eigenvalue weighted by molar-refractivity contribution is 0.565. The van der Waals surface area contributed by atoms with Gasteiger partial charge in [0.2, 0.25) is 0 Å². The van der Waals surface area contributed by atoms with Gasteiger partial charge in [-0.2, -0.15) is 0 Å². The zero-order valence-corrected chi connectivity index (χ0v) is 9.72. The topological polar surface area (TPSA) is 55.1 Å². The van der Waals surface area contributed by atoms with E-state index >= 15 is 0 Å². The average Bonchev–Trinajstić information content (AvgIpc) is 2.68. The van der Waals surface area contributed by atoms with Crippen LogP contribution in [0.4, 0.5) is 0 Å². The van der Waals surface area contributed by atoms with Crippen LogP contribution in [0.15, 0.2) is 18.6 Å². The van der Waals surface area contributed by atoms with Crippen molar-refractivity contribution in [3.8, 4) is 0 Å². The smallest absolute Gasteiger partial charge is 0.179 e. The van der Waals surface area contributed by atoms with Crippen molar-refractivity contribution in [1.82, 2.24) is 24.9 Å². The summed E-state index contributed by atoms with van der Waals surface area (Å²) in [6.07, 6.45) is 7.39. The first-order valence-corrected chi connectivity index (χ1v) is 5.64. The van der Waals surface area contributed by atoms with E-state index < -0.39 is 0 Å². The summed E-state index contributed by atoms with van der Waals surface area (Å²) in [5.41, 5.74) is 0.814. The molecule has 0 aliphatic rings. The second kappa shape index (κ2) is 5.03. The van der Waals surface area contributed by atoms with E-state index in [0.717, 1.165) is 30.9 Å². The lowest BCUT2D eigenvalue weighted by atomic mass is 10.3. The number of aromatic nitrogens is 4. The Morgan fingerprint density at radius 1 is 1.38 bits per heavy atom. The summed E-state index contributed by atoms with van der Waals surface area (Å²) in [6.45, 7) is 5.31. The fraction of sp³-hybridized carbons (Fsp3) is 0.545. The molecule has 0 bridgehead atoms. The second-order valence-electron chi connectivity index (χ2n) is 4.13. The van der Waals surface area contributed by atoms with Gasteiger partial charge in [-0.15, -0.1) is 10.2 Å². The third kappa shape index (κ3) is 2.55. The lowest BCUT2D eigenvalue weighted by Crippen LogP contribution is -2.24. The molecule has 0 aromatic carbocycles. The van der Waals surface area contributed by atoms with E-state index in [-0.39, 0.29) is 0 Å². The van der Waals surface area contributed by atoms with Crippen molar-refractivity contribution >= 4 is 5.65 Å². The lowest BCUT2D eigenvalue weighted by Gasteiger charge is -2.06. The molecule has 0 radical (unpaired) electrons. The first-order chi connectivity index (χ1) is 7.77. The van der Waals surface area contributed by atoms with Gasteiger partial charge < -0.3 is 5.32 Å². The number of nitrogens with one attached hydrogen (secondary N) is 1. The van der Waals surface area contributed by atoms with Crippen LogP contribution in [-0.2, 0) is 6.42 Å². The number of nitrogens with zero attached hydrogens (tertiary/aromatic N) is 4. The summed E-state index contributed by atoms with van der Waals surface area (Å²) in [6, 6.07) is 0.541. The van der Waals surface area contributed by atoms with Crippen LogP contribution in [0.2, 0.25) is 0 Å². The molecule has 0 spiro atoms. The largest absolute Gasteiger partial charge is 0.315 e. The normalized spacial score (nSPS) is 11.4. The third-order valence-corrected chi connectivity index (χ3v) is 2.41. The van der Waals surface area contributed by atoms with Crippen molar-refractivity contribution in [2.45, 2.75) is 32.7 Å². The molecule has 5 nitrogen and oxygen atoms in total. The summed E-state index contributed by atoms with van der Waals surface area (Å²) in [5.74, 6) is 1.00. The number of hydrogen-bond donors (Lipinski definition) is 1. The molecule has 16 heavy (non-hydrogen) atoms.